The SMILES string of the molecule is COc1ccc(OC)c2c1[C@H]1c3ccccc3[C@@H]2c2c1c(=C(C#N)C#N)ccc2=C(C#N)C#N. The Kier molecular flexibility index (Phi) is 4.80. The fraction of sp³-hybridized carbons (Fsp3) is 0.143. The smallest absolute Gasteiger partial charge is 0.137 e. The third-order valence-corrected chi connectivity index (χ3v) is 6.69. The summed E-state index contributed by atoms with van der Waals surface area (Å²) in [5, 5.41) is 39.9. The van der Waals surface area contributed by atoms with Gasteiger partial charge in [-0.25, -0.2) is 0 Å². The summed E-state index contributed by atoms with van der Waals surface area (Å²) in [6.45, 7) is 0. The summed E-state index contributed by atoms with van der Waals surface area (Å²) in [6.07, 6.45) is 0. The molecule has 0 radical (unpaired) electrons. The molecular formula is C28H16N4O2. The standard InChI is InChI=1S/C28H16N4O2/c1-33-21-9-10-22(34-2)28-26-20-6-4-3-5-19(20)25(27(21)28)23-17(15(11-29)12-30)7-8-18(24(23)26)16(13-31)14-32/h3-10,25-26H,1-2H3/t25-,26+. The van der Waals surface area contributed by atoms with Crippen LogP contribution in [0.5, 0.6) is 11.5 Å². The van der Waals surface area contributed by atoms with E-state index in [-0.39, 0.29) is 23.0 Å². The van der Waals surface area contributed by atoms with Gasteiger partial charge < -0.3 is 9.47 Å². The second kappa shape index (κ2) is 7.83. The number of hydrogen-bond acceptors (Lipinski definition) is 6. The Labute approximate surface area is 196 Å². The van der Waals surface area contributed by atoms with Crippen LogP contribution in [-0.4, -0.2) is 14.2 Å². The van der Waals surface area contributed by atoms with Gasteiger partial charge in [0.2, 0.25) is 0 Å². The quantitative estimate of drug-likeness (QED) is 0.417. The van der Waals surface area contributed by atoms with Crippen molar-refractivity contribution in [3.63, 3.8) is 0 Å². The van der Waals surface area contributed by atoms with E-state index in [4.69, 9.17) is 9.47 Å². The minimum Gasteiger partial charge on any atom is -0.496 e. The molecule has 0 aliphatic heterocycles. The summed E-state index contributed by atoms with van der Waals surface area (Å²) in [7, 11) is 3.21. The highest BCUT2D eigenvalue weighted by molar-refractivity contribution is 5.81. The monoisotopic (exact) mass is 440 g/mol. The normalized spacial score (nSPS) is 15.8. The Bertz CT molecular complexity index is 1530. The molecule has 160 valence electrons. The van der Waals surface area contributed by atoms with Crippen LogP contribution in [0.15, 0.2) is 48.5 Å². The third kappa shape index (κ3) is 2.58. The first kappa shape index (κ1) is 20.8. The van der Waals surface area contributed by atoms with E-state index in [1.54, 1.807) is 26.4 Å². The molecule has 3 aliphatic rings. The minimum absolute atomic E-state index is 0.0216. The zero-order valence-corrected chi connectivity index (χ0v) is 18.4. The Morgan fingerprint density at radius 3 is 1.29 bits per heavy atom. The van der Waals surface area contributed by atoms with Gasteiger partial charge in [0.1, 0.15) is 46.9 Å². The lowest BCUT2D eigenvalue weighted by atomic mass is 9.59. The lowest BCUT2D eigenvalue weighted by molar-refractivity contribution is 0.389. The number of rotatable bonds is 2. The number of ether oxygens (including phenoxy) is 2. The van der Waals surface area contributed by atoms with Crippen LogP contribution in [-0.2, 0) is 0 Å². The first-order chi connectivity index (χ1) is 16.6. The predicted octanol–water partition coefficient (Wildman–Crippen LogP) is 3.09. The summed E-state index contributed by atoms with van der Waals surface area (Å²) in [6, 6.07) is 23.1. The maximum Gasteiger partial charge on any atom is 0.137 e. The molecule has 3 aromatic rings. The zero-order chi connectivity index (χ0) is 24.0. The van der Waals surface area contributed by atoms with Gasteiger partial charge in [0, 0.05) is 33.4 Å². The van der Waals surface area contributed by atoms with E-state index in [0.717, 1.165) is 33.4 Å². The highest BCUT2D eigenvalue weighted by Gasteiger charge is 2.46. The maximum absolute atomic E-state index is 9.73. The fourth-order valence-electron chi connectivity index (χ4n) is 5.48. The Balaban J connectivity index is 2.11. The van der Waals surface area contributed by atoms with Crippen molar-refractivity contribution in [1.82, 2.24) is 0 Å². The lowest BCUT2D eigenvalue weighted by Gasteiger charge is -2.43. The molecule has 3 aliphatic carbocycles. The second-order valence-corrected chi connectivity index (χ2v) is 7.98. The molecule has 0 N–H and O–H groups in total. The minimum atomic E-state index is -0.374. The summed E-state index contributed by atoms with van der Waals surface area (Å²) in [5.74, 6) is 0.591. The molecular weight excluding hydrogens is 424 g/mol. The van der Waals surface area contributed by atoms with E-state index in [2.05, 4.69) is 0 Å². The Morgan fingerprint density at radius 1 is 0.588 bits per heavy atom. The molecule has 6 heteroatoms. The van der Waals surface area contributed by atoms with E-state index in [0.29, 0.717) is 21.9 Å². The van der Waals surface area contributed by atoms with Gasteiger partial charge in [0.25, 0.3) is 0 Å². The molecule has 0 unspecified atom stereocenters. The van der Waals surface area contributed by atoms with E-state index in [1.165, 1.54) is 0 Å². The van der Waals surface area contributed by atoms with Crippen molar-refractivity contribution in [3.8, 4) is 35.8 Å². The number of nitrogens with zero attached hydrogens (tertiary/aromatic N) is 4. The molecule has 0 aromatic heterocycles. The average Bonchev–Trinajstić information content (AvgIpc) is 2.89. The van der Waals surface area contributed by atoms with Gasteiger partial charge in [-0.1, -0.05) is 36.4 Å². The van der Waals surface area contributed by atoms with Crippen LogP contribution in [0.25, 0.3) is 11.1 Å². The van der Waals surface area contributed by atoms with Crippen LogP contribution in [0.4, 0.5) is 0 Å². The molecule has 6 rings (SSSR count). The molecule has 2 bridgehead atoms. The number of nitriles is 4. The zero-order valence-electron chi connectivity index (χ0n) is 18.4. The van der Waals surface area contributed by atoms with E-state index < -0.39 is 0 Å². The highest BCUT2D eigenvalue weighted by atomic mass is 16.5. The van der Waals surface area contributed by atoms with Crippen molar-refractivity contribution in [2.24, 2.45) is 0 Å². The molecule has 6 nitrogen and oxygen atoms in total. The van der Waals surface area contributed by atoms with Gasteiger partial charge in [0.05, 0.1) is 14.2 Å². The molecule has 2 atom stereocenters. The predicted molar refractivity (Wildman–Crippen MR) is 123 cm³/mol. The van der Waals surface area contributed by atoms with Gasteiger partial charge >= 0.3 is 0 Å². The molecule has 0 heterocycles. The van der Waals surface area contributed by atoms with E-state index >= 15 is 0 Å². The van der Waals surface area contributed by atoms with Crippen molar-refractivity contribution >= 4 is 11.1 Å². The summed E-state index contributed by atoms with van der Waals surface area (Å²) < 4.78 is 11.5. The summed E-state index contributed by atoms with van der Waals surface area (Å²) in [5.41, 5.74) is 5.33. The van der Waals surface area contributed by atoms with Crippen molar-refractivity contribution in [2.75, 3.05) is 14.2 Å². The van der Waals surface area contributed by atoms with Gasteiger partial charge in [-0.05, 0) is 34.4 Å². The largest absolute Gasteiger partial charge is 0.496 e. The van der Waals surface area contributed by atoms with Crippen LogP contribution < -0.4 is 19.9 Å². The topological polar surface area (TPSA) is 114 Å². The van der Waals surface area contributed by atoms with Crippen LogP contribution in [0.1, 0.15) is 45.2 Å². The van der Waals surface area contributed by atoms with Crippen molar-refractivity contribution in [1.29, 1.82) is 21.0 Å². The third-order valence-electron chi connectivity index (χ3n) is 6.69. The van der Waals surface area contributed by atoms with Crippen LogP contribution in [0, 0.1) is 45.3 Å². The average molecular weight is 440 g/mol. The highest BCUT2D eigenvalue weighted by Crippen LogP contribution is 2.58. The first-order valence-electron chi connectivity index (χ1n) is 10.5. The molecule has 0 amide bonds. The molecule has 0 spiro atoms. The number of benzene rings is 3. The van der Waals surface area contributed by atoms with Gasteiger partial charge in [-0.3, -0.25) is 0 Å². The molecule has 3 aromatic carbocycles. The van der Waals surface area contributed by atoms with Crippen LogP contribution in [0.2, 0.25) is 0 Å². The van der Waals surface area contributed by atoms with E-state index in [1.807, 2.05) is 60.7 Å². The maximum atomic E-state index is 9.73. The summed E-state index contributed by atoms with van der Waals surface area (Å²) >= 11 is 0. The molecule has 0 fully saturated rings. The van der Waals surface area contributed by atoms with Crippen molar-refractivity contribution in [3.05, 3.63) is 92.3 Å². The lowest BCUT2D eigenvalue weighted by Crippen LogP contribution is -2.38. The van der Waals surface area contributed by atoms with Crippen LogP contribution >= 0.6 is 0 Å². The van der Waals surface area contributed by atoms with Gasteiger partial charge in [0.15, 0.2) is 0 Å². The summed E-state index contributed by atoms with van der Waals surface area (Å²) in [4.78, 5) is 0. The molecule has 0 saturated carbocycles. The van der Waals surface area contributed by atoms with Crippen molar-refractivity contribution < 1.29 is 9.47 Å². The van der Waals surface area contributed by atoms with Gasteiger partial charge in [-0.2, -0.15) is 21.0 Å². The first-order valence-corrected chi connectivity index (χ1v) is 10.5. The van der Waals surface area contributed by atoms with E-state index in [9.17, 15) is 21.0 Å². The second-order valence-electron chi connectivity index (χ2n) is 7.98. The molecule has 0 saturated heterocycles. The van der Waals surface area contributed by atoms with Crippen molar-refractivity contribution in [2.45, 2.75) is 11.8 Å². The Hall–Kier alpha value is -5.04. The number of hydrogen-bond donors (Lipinski definition) is 0. The molecule has 34 heavy (non-hydrogen) atoms. The van der Waals surface area contributed by atoms with Crippen LogP contribution in [0.3, 0.4) is 0 Å². The Morgan fingerprint density at radius 2 is 0.971 bits per heavy atom. The van der Waals surface area contributed by atoms with Gasteiger partial charge in [-0.15, -0.1) is 0 Å². The fourth-order valence-corrected chi connectivity index (χ4v) is 5.48. The number of methoxy groups -OCH3 is 2.